The summed E-state index contributed by atoms with van der Waals surface area (Å²) in [4.78, 5) is 17.0. The zero-order chi connectivity index (χ0) is 22.2. The maximum absolute atomic E-state index is 13.7. The van der Waals surface area contributed by atoms with E-state index in [4.69, 9.17) is 0 Å². The van der Waals surface area contributed by atoms with E-state index in [1.165, 1.54) is 18.2 Å². The predicted octanol–water partition coefficient (Wildman–Crippen LogP) is 6.55. The summed E-state index contributed by atoms with van der Waals surface area (Å²) in [6.07, 6.45) is -4.80. The first-order valence-electron chi connectivity index (χ1n) is 9.78. The van der Waals surface area contributed by atoms with Crippen LogP contribution in [0.5, 0.6) is 5.75 Å². The average molecular weight is 426 g/mol. The zero-order valence-corrected chi connectivity index (χ0v) is 17.0. The smallest absolute Gasteiger partial charge is 0.406 e. The van der Waals surface area contributed by atoms with Crippen LogP contribution in [0.25, 0.3) is 0 Å². The Bertz CT molecular complexity index is 1070. The van der Waals surface area contributed by atoms with Gasteiger partial charge in [-0.05, 0) is 55.8 Å². The van der Waals surface area contributed by atoms with Crippen LogP contribution < -0.4 is 14.5 Å². The predicted molar refractivity (Wildman–Crippen MR) is 113 cm³/mol. The monoisotopic (exact) mass is 426 g/mol. The highest BCUT2D eigenvalue weighted by Gasteiger charge is 2.53. The Kier molecular flexibility index (Phi) is 5.13. The lowest BCUT2D eigenvalue weighted by Crippen LogP contribution is -2.43. The number of rotatable bonds is 4. The Hall–Kier alpha value is -3.48. The van der Waals surface area contributed by atoms with Gasteiger partial charge in [-0.2, -0.15) is 0 Å². The standard InChI is InChI=1S/C24H21F3N2O2/c1-23(2)21(17-10-9-15-20(16-17)31-24(25,26)27)28(18-11-5-3-6-12-18)22(30)29(23)19-13-7-4-8-14-19/h3-16,21H,1-2H3/t21-/m0/s1. The van der Waals surface area contributed by atoms with Gasteiger partial charge in [0.25, 0.3) is 0 Å². The molecule has 0 aliphatic carbocycles. The van der Waals surface area contributed by atoms with E-state index < -0.39 is 17.9 Å². The second-order valence-electron chi connectivity index (χ2n) is 7.84. The largest absolute Gasteiger partial charge is 0.573 e. The minimum Gasteiger partial charge on any atom is -0.406 e. The van der Waals surface area contributed by atoms with Crippen molar-refractivity contribution in [2.24, 2.45) is 0 Å². The maximum Gasteiger partial charge on any atom is 0.573 e. The van der Waals surface area contributed by atoms with E-state index in [0.29, 0.717) is 16.9 Å². The number of para-hydroxylation sites is 2. The first-order chi connectivity index (χ1) is 14.7. The number of halogens is 3. The molecule has 1 saturated heterocycles. The molecule has 4 nitrogen and oxygen atoms in total. The highest BCUT2D eigenvalue weighted by molar-refractivity contribution is 6.08. The molecule has 1 fully saturated rings. The molecule has 4 rings (SSSR count). The fraction of sp³-hybridized carbons (Fsp3) is 0.208. The molecule has 3 aromatic carbocycles. The molecule has 0 aromatic heterocycles. The second-order valence-corrected chi connectivity index (χ2v) is 7.84. The van der Waals surface area contributed by atoms with Crippen molar-refractivity contribution in [2.75, 3.05) is 9.80 Å². The van der Waals surface area contributed by atoms with Gasteiger partial charge in [-0.15, -0.1) is 13.2 Å². The maximum atomic E-state index is 13.7. The van der Waals surface area contributed by atoms with Gasteiger partial charge in [0.1, 0.15) is 5.75 Å². The summed E-state index contributed by atoms with van der Waals surface area (Å²) in [6.45, 7) is 3.81. The summed E-state index contributed by atoms with van der Waals surface area (Å²) < 4.78 is 42.5. The molecular formula is C24H21F3N2O2. The third kappa shape index (κ3) is 3.95. The number of hydrogen-bond acceptors (Lipinski definition) is 2. The molecule has 0 N–H and O–H groups in total. The third-order valence-electron chi connectivity index (χ3n) is 5.36. The van der Waals surface area contributed by atoms with Crippen molar-refractivity contribution in [1.82, 2.24) is 0 Å². The lowest BCUT2D eigenvalue weighted by Gasteiger charge is -2.35. The van der Waals surface area contributed by atoms with Crippen LogP contribution in [0.3, 0.4) is 0 Å². The van der Waals surface area contributed by atoms with Crippen molar-refractivity contribution in [3.63, 3.8) is 0 Å². The fourth-order valence-corrected chi connectivity index (χ4v) is 4.21. The Labute approximate surface area is 178 Å². The topological polar surface area (TPSA) is 32.8 Å². The summed E-state index contributed by atoms with van der Waals surface area (Å²) in [6, 6.07) is 23.3. The molecule has 0 spiro atoms. The molecule has 0 bridgehead atoms. The van der Waals surface area contributed by atoms with Crippen molar-refractivity contribution >= 4 is 17.4 Å². The van der Waals surface area contributed by atoms with Crippen molar-refractivity contribution in [3.8, 4) is 5.75 Å². The van der Waals surface area contributed by atoms with Crippen LogP contribution in [0.1, 0.15) is 25.5 Å². The molecule has 31 heavy (non-hydrogen) atoms. The van der Waals surface area contributed by atoms with Gasteiger partial charge in [0.15, 0.2) is 0 Å². The molecule has 7 heteroatoms. The molecule has 3 aromatic rings. The number of carbonyl (C=O) groups excluding carboxylic acids is 1. The Balaban J connectivity index is 1.85. The van der Waals surface area contributed by atoms with E-state index in [2.05, 4.69) is 4.74 Å². The lowest BCUT2D eigenvalue weighted by atomic mass is 9.87. The first kappa shape index (κ1) is 20.8. The van der Waals surface area contributed by atoms with Crippen LogP contribution in [-0.2, 0) is 0 Å². The SMILES string of the molecule is CC1(C)[C@H](c2cccc(OC(F)(F)F)c2)N(c2ccccc2)C(=O)N1c1ccccc1. The van der Waals surface area contributed by atoms with Crippen LogP contribution in [0, 0.1) is 0 Å². The minimum atomic E-state index is -4.80. The summed E-state index contributed by atoms with van der Waals surface area (Å²) in [7, 11) is 0. The van der Waals surface area contributed by atoms with E-state index in [9.17, 15) is 18.0 Å². The number of carbonyl (C=O) groups is 1. The van der Waals surface area contributed by atoms with Gasteiger partial charge in [0.2, 0.25) is 0 Å². The van der Waals surface area contributed by atoms with Gasteiger partial charge >= 0.3 is 12.4 Å². The second kappa shape index (κ2) is 7.65. The quantitative estimate of drug-likeness (QED) is 0.474. The normalized spacial score (nSPS) is 18.4. The van der Waals surface area contributed by atoms with Crippen molar-refractivity contribution in [1.29, 1.82) is 0 Å². The Morgan fingerprint density at radius 1 is 0.839 bits per heavy atom. The number of hydrogen-bond donors (Lipinski definition) is 0. The first-order valence-corrected chi connectivity index (χ1v) is 9.78. The molecule has 1 heterocycles. The number of urea groups is 1. The highest BCUT2D eigenvalue weighted by Crippen LogP contribution is 2.48. The molecular weight excluding hydrogens is 405 g/mol. The summed E-state index contributed by atoms with van der Waals surface area (Å²) >= 11 is 0. The van der Waals surface area contributed by atoms with Gasteiger partial charge in [0, 0.05) is 11.4 Å². The highest BCUT2D eigenvalue weighted by atomic mass is 19.4. The van der Waals surface area contributed by atoms with Gasteiger partial charge in [-0.1, -0.05) is 48.5 Å². The minimum absolute atomic E-state index is 0.255. The van der Waals surface area contributed by atoms with E-state index in [-0.39, 0.29) is 11.8 Å². The number of nitrogens with zero attached hydrogens (tertiary/aromatic N) is 2. The van der Waals surface area contributed by atoms with E-state index in [0.717, 1.165) is 0 Å². The van der Waals surface area contributed by atoms with Crippen LogP contribution in [0.15, 0.2) is 84.9 Å². The molecule has 0 saturated carbocycles. The van der Waals surface area contributed by atoms with E-state index >= 15 is 0 Å². The Morgan fingerprint density at radius 2 is 1.42 bits per heavy atom. The van der Waals surface area contributed by atoms with E-state index in [1.807, 2.05) is 74.5 Å². The molecule has 2 amide bonds. The Morgan fingerprint density at radius 3 is 2.00 bits per heavy atom. The number of benzene rings is 3. The van der Waals surface area contributed by atoms with Crippen LogP contribution >= 0.6 is 0 Å². The lowest BCUT2D eigenvalue weighted by molar-refractivity contribution is -0.274. The van der Waals surface area contributed by atoms with Crippen molar-refractivity contribution < 1.29 is 22.7 Å². The molecule has 160 valence electrons. The van der Waals surface area contributed by atoms with Gasteiger partial charge < -0.3 is 4.74 Å². The molecule has 0 radical (unpaired) electrons. The number of amides is 2. The van der Waals surface area contributed by atoms with Gasteiger partial charge in [-0.25, -0.2) is 4.79 Å². The average Bonchev–Trinajstić information content (AvgIpc) is 2.93. The van der Waals surface area contributed by atoms with Gasteiger partial charge in [0.05, 0.1) is 11.6 Å². The summed E-state index contributed by atoms with van der Waals surface area (Å²) in [5.41, 5.74) is 1.14. The van der Waals surface area contributed by atoms with Crippen molar-refractivity contribution in [3.05, 3.63) is 90.5 Å². The fourth-order valence-electron chi connectivity index (χ4n) is 4.21. The van der Waals surface area contributed by atoms with Gasteiger partial charge in [-0.3, -0.25) is 9.80 Å². The molecule has 1 atom stereocenters. The molecule has 1 aliphatic rings. The number of alkyl halides is 3. The molecule has 0 unspecified atom stereocenters. The number of anilines is 2. The third-order valence-corrected chi connectivity index (χ3v) is 5.36. The van der Waals surface area contributed by atoms with Crippen LogP contribution in [0.4, 0.5) is 29.3 Å². The van der Waals surface area contributed by atoms with Crippen LogP contribution in [0.2, 0.25) is 0 Å². The number of ether oxygens (including phenoxy) is 1. The van der Waals surface area contributed by atoms with E-state index in [1.54, 1.807) is 15.9 Å². The zero-order valence-electron chi connectivity index (χ0n) is 17.0. The van der Waals surface area contributed by atoms with Crippen LogP contribution in [-0.4, -0.2) is 17.9 Å². The summed E-state index contributed by atoms with van der Waals surface area (Å²) in [5, 5.41) is 0. The van der Waals surface area contributed by atoms with Crippen molar-refractivity contribution in [2.45, 2.75) is 31.8 Å². The summed E-state index contributed by atoms with van der Waals surface area (Å²) in [5.74, 6) is -0.320. The molecule has 1 aliphatic heterocycles.